The van der Waals surface area contributed by atoms with Gasteiger partial charge in [0.25, 0.3) is 0 Å². The highest BCUT2D eigenvalue weighted by atomic mass is 16.7. The largest absolute Gasteiger partial charge is 0.480 e. The second-order valence-electron chi connectivity index (χ2n) is 4.56. The van der Waals surface area contributed by atoms with E-state index in [-0.39, 0.29) is 0 Å². The van der Waals surface area contributed by atoms with Crippen LogP contribution >= 0.6 is 0 Å². The van der Waals surface area contributed by atoms with Crippen molar-refractivity contribution in [2.24, 2.45) is 0 Å². The second kappa shape index (κ2) is 6.52. The zero-order chi connectivity index (χ0) is 12.8. The molecule has 0 amide bonds. The summed E-state index contributed by atoms with van der Waals surface area (Å²) in [5.41, 5.74) is 1.29. The molecule has 1 N–H and O–H groups in total. The Balaban J connectivity index is 1.68. The lowest BCUT2D eigenvalue weighted by Gasteiger charge is -2.20. The van der Waals surface area contributed by atoms with Crippen LogP contribution < -0.4 is 0 Å². The van der Waals surface area contributed by atoms with E-state index in [9.17, 15) is 4.79 Å². The Morgan fingerprint density at radius 3 is 2.89 bits per heavy atom. The summed E-state index contributed by atoms with van der Waals surface area (Å²) in [7, 11) is 0. The smallest absolute Gasteiger partial charge is 0.323 e. The van der Waals surface area contributed by atoms with Crippen molar-refractivity contribution in [3.05, 3.63) is 35.9 Å². The van der Waals surface area contributed by atoms with E-state index in [2.05, 4.69) is 12.1 Å². The molecule has 18 heavy (non-hydrogen) atoms. The molecular weight excluding hydrogens is 230 g/mol. The Kier molecular flexibility index (Phi) is 4.73. The first kappa shape index (κ1) is 13.1. The van der Waals surface area contributed by atoms with E-state index in [0.717, 1.165) is 25.8 Å². The summed E-state index contributed by atoms with van der Waals surface area (Å²) in [6.45, 7) is 1.31. The maximum Gasteiger partial charge on any atom is 0.323 e. The monoisotopic (exact) mass is 249 g/mol. The van der Waals surface area contributed by atoms with Crippen LogP contribution in [-0.2, 0) is 16.1 Å². The first-order valence-electron chi connectivity index (χ1n) is 6.43. The summed E-state index contributed by atoms with van der Waals surface area (Å²) >= 11 is 0. The van der Waals surface area contributed by atoms with E-state index < -0.39 is 12.0 Å². The van der Waals surface area contributed by atoms with Crippen LogP contribution in [0.1, 0.15) is 24.8 Å². The van der Waals surface area contributed by atoms with Crippen LogP contribution in [-0.4, -0.2) is 35.3 Å². The maximum atomic E-state index is 10.9. The Morgan fingerprint density at radius 2 is 2.17 bits per heavy atom. The van der Waals surface area contributed by atoms with Crippen LogP contribution in [0.4, 0.5) is 0 Å². The number of nitrogens with zero attached hydrogens (tertiary/aromatic N) is 1. The molecule has 1 heterocycles. The predicted octanol–water partition coefficient (Wildman–Crippen LogP) is 2.10. The third-order valence-electron chi connectivity index (χ3n) is 3.20. The first-order chi connectivity index (χ1) is 8.77. The first-order valence-corrected chi connectivity index (χ1v) is 6.43. The van der Waals surface area contributed by atoms with E-state index >= 15 is 0 Å². The lowest BCUT2D eigenvalue weighted by atomic mass is 10.1. The highest BCUT2D eigenvalue weighted by Crippen LogP contribution is 2.17. The highest BCUT2D eigenvalue weighted by Gasteiger charge is 2.31. The van der Waals surface area contributed by atoms with Gasteiger partial charge < -0.3 is 5.11 Å². The van der Waals surface area contributed by atoms with Crippen LogP contribution in [0.5, 0.6) is 0 Å². The van der Waals surface area contributed by atoms with Crippen LogP contribution in [0.2, 0.25) is 0 Å². The van der Waals surface area contributed by atoms with Gasteiger partial charge in [0.05, 0.1) is 6.61 Å². The molecule has 98 valence electrons. The molecule has 1 saturated heterocycles. The van der Waals surface area contributed by atoms with Crippen molar-refractivity contribution in [3.8, 4) is 0 Å². The van der Waals surface area contributed by atoms with Crippen molar-refractivity contribution in [1.29, 1.82) is 0 Å². The van der Waals surface area contributed by atoms with Gasteiger partial charge in [-0.2, -0.15) is 5.06 Å². The highest BCUT2D eigenvalue weighted by molar-refractivity contribution is 5.73. The minimum absolute atomic E-state index is 0.457. The minimum atomic E-state index is -0.782. The lowest BCUT2D eigenvalue weighted by Crippen LogP contribution is -2.36. The molecule has 0 saturated carbocycles. The van der Waals surface area contributed by atoms with Crippen LogP contribution in [0.3, 0.4) is 0 Å². The van der Waals surface area contributed by atoms with Gasteiger partial charge >= 0.3 is 5.97 Å². The van der Waals surface area contributed by atoms with E-state index in [1.165, 1.54) is 5.56 Å². The van der Waals surface area contributed by atoms with E-state index in [1.807, 2.05) is 18.2 Å². The van der Waals surface area contributed by atoms with Gasteiger partial charge in [0.15, 0.2) is 0 Å². The van der Waals surface area contributed by atoms with E-state index in [4.69, 9.17) is 9.94 Å². The molecule has 0 aliphatic carbocycles. The summed E-state index contributed by atoms with van der Waals surface area (Å²) in [6.07, 6.45) is 3.46. The third kappa shape index (κ3) is 3.55. The summed E-state index contributed by atoms with van der Waals surface area (Å²) in [5.74, 6) is -0.782. The fourth-order valence-corrected chi connectivity index (χ4v) is 2.24. The molecule has 1 aliphatic heterocycles. The number of hydrogen-bond acceptors (Lipinski definition) is 3. The average molecular weight is 249 g/mol. The number of aliphatic carboxylic acids is 1. The number of hydroxylamine groups is 2. The number of carboxylic acid groups (broad SMARTS) is 1. The topological polar surface area (TPSA) is 49.8 Å². The molecule has 0 aromatic heterocycles. The normalized spacial score (nSPS) is 20.1. The molecule has 0 bridgehead atoms. The van der Waals surface area contributed by atoms with Crippen molar-refractivity contribution in [3.63, 3.8) is 0 Å². The summed E-state index contributed by atoms with van der Waals surface area (Å²) in [6, 6.07) is 9.78. The third-order valence-corrected chi connectivity index (χ3v) is 3.20. The minimum Gasteiger partial charge on any atom is -0.480 e. The van der Waals surface area contributed by atoms with Crippen molar-refractivity contribution in [2.45, 2.75) is 31.7 Å². The van der Waals surface area contributed by atoms with Crippen molar-refractivity contribution < 1.29 is 14.7 Å². The molecule has 1 atom stereocenters. The molecule has 1 aliphatic rings. The van der Waals surface area contributed by atoms with Gasteiger partial charge in [-0.3, -0.25) is 9.63 Å². The van der Waals surface area contributed by atoms with Gasteiger partial charge in [0, 0.05) is 6.54 Å². The van der Waals surface area contributed by atoms with Crippen LogP contribution in [0, 0.1) is 0 Å². The Morgan fingerprint density at radius 1 is 1.39 bits per heavy atom. The zero-order valence-electron chi connectivity index (χ0n) is 10.4. The number of aryl methyl sites for hydroxylation is 1. The molecule has 0 spiro atoms. The van der Waals surface area contributed by atoms with Gasteiger partial charge in [-0.25, -0.2) is 0 Å². The van der Waals surface area contributed by atoms with Crippen molar-refractivity contribution in [1.82, 2.24) is 5.06 Å². The fourth-order valence-electron chi connectivity index (χ4n) is 2.24. The van der Waals surface area contributed by atoms with E-state index in [0.29, 0.717) is 13.0 Å². The van der Waals surface area contributed by atoms with Crippen molar-refractivity contribution in [2.75, 3.05) is 13.2 Å². The molecule has 4 nitrogen and oxygen atoms in total. The lowest BCUT2D eigenvalue weighted by molar-refractivity contribution is -0.186. The maximum absolute atomic E-state index is 10.9. The number of hydrogen-bond donors (Lipinski definition) is 1. The van der Waals surface area contributed by atoms with Crippen LogP contribution in [0.15, 0.2) is 30.3 Å². The zero-order valence-corrected chi connectivity index (χ0v) is 10.4. The second-order valence-corrected chi connectivity index (χ2v) is 4.56. The number of benzene rings is 1. The summed E-state index contributed by atoms with van der Waals surface area (Å²) in [4.78, 5) is 16.5. The average Bonchev–Trinajstić information content (AvgIpc) is 2.84. The van der Waals surface area contributed by atoms with E-state index in [1.54, 1.807) is 5.06 Å². The van der Waals surface area contributed by atoms with Crippen molar-refractivity contribution >= 4 is 5.97 Å². The molecule has 1 unspecified atom stereocenters. The molecule has 4 heteroatoms. The Labute approximate surface area is 107 Å². The van der Waals surface area contributed by atoms with Crippen LogP contribution in [0.25, 0.3) is 0 Å². The quantitative estimate of drug-likeness (QED) is 0.784. The summed E-state index contributed by atoms with van der Waals surface area (Å²) in [5, 5.41) is 10.6. The number of rotatable bonds is 6. The molecule has 2 rings (SSSR count). The number of carbonyl (C=O) groups is 1. The van der Waals surface area contributed by atoms with Gasteiger partial charge in [0.2, 0.25) is 0 Å². The predicted molar refractivity (Wildman–Crippen MR) is 68.1 cm³/mol. The molecule has 1 fully saturated rings. The molecular formula is C14H19NO3. The summed E-state index contributed by atoms with van der Waals surface area (Å²) < 4.78 is 0. The molecule has 0 radical (unpaired) electrons. The molecule has 1 aromatic carbocycles. The van der Waals surface area contributed by atoms with Gasteiger partial charge in [-0.15, -0.1) is 0 Å². The SMILES string of the molecule is O=C(O)C1CCCN1OCCCc1ccccc1. The number of carboxylic acids is 1. The standard InChI is InChI=1S/C14H19NO3/c16-14(17)13-9-4-10-15(13)18-11-5-8-12-6-2-1-3-7-12/h1-3,6-7,13H,4-5,8-11H2,(H,16,17). The Hall–Kier alpha value is -1.39. The fraction of sp³-hybridized carbons (Fsp3) is 0.500. The van der Waals surface area contributed by atoms with Gasteiger partial charge in [-0.05, 0) is 31.2 Å². The molecule has 1 aromatic rings. The van der Waals surface area contributed by atoms with Gasteiger partial charge in [-0.1, -0.05) is 30.3 Å². The van der Waals surface area contributed by atoms with Gasteiger partial charge in [0.1, 0.15) is 6.04 Å². The Bertz CT molecular complexity index is 380.